The van der Waals surface area contributed by atoms with E-state index < -0.39 is 48.2 Å². The summed E-state index contributed by atoms with van der Waals surface area (Å²) < 4.78 is 77.5. The van der Waals surface area contributed by atoms with Crippen LogP contribution >= 0.6 is 0 Å². The van der Waals surface area contributed by atoms with Crippen molar-refractivity contribution >= 4 is 19.9 Å². The largest absolute Gasteiger partial charge is 0.244 e. The van der Waals surface area contributed by atoms with Gasteiger partial charge in [-0.1, -0.05) is 36.4 Å². The number of halogens is 2. The molecule has 0 bridgehead atoms. The lowest BCUT2D eigenvalue weighted by molar-refractivity contribution is 0.374. The highest BCUT2D eigenvalue weighted by atomic mass is 32.2. The lowest BCUT2D eigenvalue weighted by Crippen LogP contribution is -2.40. The Hall–Kier alpha value is -2.10. The molecule has 0 N–H and O–H groups in total. The number of benzene rings is 2. The second-order valence-electron chi connectivity index (χ2n) is 5.87. The van der Waals surface area contributed by atoms with Crippen LogP contribution in [0, 0.1) is 11.6 Å². The molecule has 5 nitrogen and oxygen atoms in total. The molecule has 0 spiro atoms. The van der Waals surface area contributed by atoms with Crippen molar-refractivity contribution in [1.82, 2.24) is 4.31 Å². The van der Waals surface area contributed by atoms with Gasteiger partial charge in [0.05, 0.1) is 16.7 Å². The second-order valence-corrected chi connectivity index (χ2v) is 9.69. The minimum atomic E-state index is -4.34. The number of sulfonamides is 1. The first kappa shape index (κ1) is 18.7. The smallest absolute Gasteiger partial charge is 0.224 e. The summed E-state index contributed by atoms with van der Waals surface area (Å²) in [6, 6.07) is 9.57. The molecule has 1 aliphatic rings. The zero-order valence-corrected chi connectivity index (χ0v) is 15.1. The lowest BCUT2D eigenvalue weighted by Gasteiger charge is -2.27. The van der Waals surface area contributed by atoms with Gasteiger partial charge < -0.3 is 0 Å². The average Bonchev–Trinajstić information content (AvgIpc) is 2.92. The maximum atomic E-state index is 13.5. The second kappa shape index (κ2) is 6.90. The van der Waals surface area contributed by atoms with E-state index in [0.717, 1.165) is 9.71 Å². The maximum absolute atomic E-state index is 13.5. The molecular formula is C17H15F2NO4S2. The van der Waals surface area contributed by atoms with Gasteiger partial charge in [-0.05, 0) is 17.7 Å². The Morgan fingerprint density at radius 2 is 1.65 bits per heavy atom. The van der Waals surface area contributed by atoms with Crippen molar-refractivity contribution in [3.63, 3.8) is 0 Å². The van der Waals surface area contributed by atoms with Crippen molar-refractivity contribution in [3.05, 3.63) is 77.2 Å². The molecule has 0 aliphatic carbocycles. The summed E-state index contributed by atoms with van der Waals surface area (Å²) in [7, 11) is -7.87. The predicted molar refractivity (Wildman–Crippen MR) is 92.2 cm³/mol. The van der Waals surface area contributed by atoms with E-state index in [0.29, 0.717) is 23.8 Å². The molecule has 0 saturated carbocycles. The van der Waals surface area contributed by atoms with Gasteiger partial charge in [0.15, 0.2) is 9.84 Å². The molecular weight excluding hydrogens is 384 g/mol. The van der Waals surface area contributed by atoms with E-state index in [9.17, 15) is 25.6 Å². The molecule has 9 heteroatoms. The molecule has 0 radical (unpaired) electrons. The van der Waals surface area contributed by atoms with Crippen LogP contribution in [-0.2, 0) is 26.4 Å². The summed E-state index contributed by atoms with van der Waals surface area (Å²) in [6.45, 7) is -0.133. The lowest BCUT2D eigenvalue weighted by atomic mass is 10.2. The number of sulfone groups is 1. The summed E-state index contributed by atoms with van der Waals surface area (Å²) in [5.41, 5.74) is 0.616. The van der Waals surface area contributed by atoms with Crippen LogP contribution in [0.15, 0.2) is 64.9 Å². The van der Waals surface area contributed by atoms with Gasteiger partial charge in [-0.15, -0.1) is 0 Å². The molecule has 0 aromatic heterocycles. The Labute approximate surface area is 150 Å². The van der Waals surface area contributed by atoms with Gasteiger partial charge >= 0.3 is 0 Å². The summed E-state index contributed by atoms with van der Waals surface area (Å²) >= 11 is 0. The molecule has 0 unspecified atom stereocenters. The first-order valence-electron chi connectivity index (χ1n) is 7.60. The molecule has 0 amide bonds. The first-order chi connectivity index (χ1) is 12.2. The maximum Gasteiger partial charge on any atom is 0.244 e. The minimum absolute atomic E-state index is 0.133. The highest BCUT2D eigenvalue weighted by Crippen LogP contribution is 2.26. The average molecular weight is 399 g/mol. The fraction of sp³-hybridized carbons (Fsp3) is 0.176. The van der Waals surface area contributed by atoms with Crippen LogP contribution in [0.5, 0.6) is 0 Å². The predicted octanol–water partition coefficient (Wildman–Crippen LogP) is 2.47. The molecule has 0 fully saturated rings. The molecule has 0 saturated heterocycles. The van der Waals surface area contributed by atoms with Crippen LogP contribution in [0.2, 0.25) is 0 Å². The Balaban J connectivity index is 2.05. The highest BCUT2D eigenvalue weighted by molar-refractivity contribution is 7.94. The van der Waals surface area contributed by atoms with Gasteiger partial charge in [-0.3, -0.25) is 0 Å². The fourth-order valence-electron chi connectivity index (χ4n) is 2.70. The van der Waals surface area contributed by atoms with Gasteiger partial charge in [0, 0.05) is 18.0 Å². The molecule has 1 atom stereocenters. The molecule has 26 heavy (non-hydrogen) atoms. The SMILES string of the molecule is O=S1(=O)C=C[C@H](N(Cc2ccccc2)S(=O)(=O)c2cc(F)cc(F)c2)C1. The normalized spacial score (nSPS) is 19.1. The Morgan fingerprint density at radius 3 is 2.19 bits per heavy atom. The van der Waals surface area contributed by atoms with E-state index in [1.807, 2.05) is 0 Å². The first-order valence-corrected chi connectivity index (χ1v) is 10.8. The van der Waals surface area contributed by atoms with E-state index in [1.54, 1.807) is 30.3 Å². The third-order valence-electron chi connectivity index (χ3n) is 3.90. The fourth-order valence-corrected chi connectivity index (χ4v) is 5.70. The van der Waals surface area contributed by atoms with Crippen LogP contribution in [-0.4, -0.2) is 32.9 Å². The number of nitrogens with zero attached hydrogens (tertiary/aromatic N) is 1. The van der Waals surface area contributed by atoms with Crippen LogP contribution in [0.1, 0.15) is 5.56 Å². The molecule has 3 rings (SSSR count). The van der Waals surface area contributed by atoms with Crippen LogP contribution in [0.3, 0.4) is 0 Å². The minimum Gasteiger partial charge on any atom is -0.224 e. The van der Waals surface area contributed by atoms with Gasteiger partial charge in [0.25, 0.3) is 0 Å². The van der Waals surface area contributed by atoms with Gasteiger partial charge in [-0.25, -0.2) is 25.6 Å². The van der Waals surface area contributed by atoms with Gasteiger partial charge in [-0.2, -0.15) is 4.31 Å². The van der Waals surface area contributed by atoms with E-state index in [1.165, 1.54) is 6.08 Å². The summed E-state index contributed by atoms with van der Waals surface area (Å²) in [5, 5.41) is 0.956. The van der Waals surface area contributed by atoms with E-state index in [2.05, 4.69) is 0 Å². The molecule has 1 aliphatic heterocycles. The molecule has 2 aromatic rings. The van der Waals surface area contributed by atoms with Gasteiger partial charge in [0.2, 0.25) is 10.0 Å². The van der Waals surface area contributed by atoms with Crippen LogP contribution < -0.4 is 0 Å². The highest BCUT2D eigenvalue weighted by Gasteiger charge is 2.36. The number of hydrogen-bond acceptors (Lipinski definition) is 4. The molecule has 2 aromatic carbocycles. The number of rotatable bonds is 5. The van der Waals surface area contributed by atoms with Gasteiger partial charge in [0.1, 0.15) is 11.6 Å². The van der Waals surface area contributed by atoms with Crippen molar-refractivity contribution in [2.75, 3.05) is 5.75 Å². The Morgan fingerprint density at radius 1 is 1.04 bits per heavy atom. The third-order valence-corrected chi connectivity index (χ3v) is 7.13. The van der Waals surface area contributed by atoms with Crippen molar-refractivity contribution in [1.29, 1.82) is 0 Å². The quantitative estimate of drug-likeness (QED) is 0.774. The zero-order valence-electron chi connectivity index (χ0n) is 13.4. The monoisotopic (exact) mass is 399 g/mol. The van der Waals surface area contributed by atoms with E-state index >= 15 is 0 Å². The van der Waals surface area contributed by atoms with E-state index in [-0.39, 0.29) is 6.54 Å². The summed E-state index contributed by atoms with van der Waals surface area (Å²) in [4.78, 5) is -0.566. The Bertz CT molecular complexity index is 1030. The molecule has 1 heterocycles. The van der Waals surface area contributed by atoms with Crippen molar-refractivity contribution in [2.45, 2.75) is 17.5 Å². The number of hydrogen-bond donors (Lipinski definition) is 0. The zero-order chi connectivity index (χ0) is 18.9. The Kier molecular flexibility index (Phi) is 4.96. The van der Waals surface area contributed by atoms with Crippen LogP contribution in [0.25, 0.3) is 0 Å². The third kappa shape index (κ3) is 4.00. The van der Waals surface area contributed by atoms with Crippen molar-refractivity contribution in [3.8, 4) is 0 Å². The van der Waals surface area contributed by atoms with E-state index in [4.69, 9.17) is 0 Å². The standard InChI is InChI=1S/C17H15F2NO4S2/c18-14-8-15(19)10-17(9-14)26(23,24)20(11-13-4-2-1-3-5-13)16-6-7-25(21,22)12-16/h1-10,16H,11-12H2/t16-/m0/s1. The van der Waals surface area contributed by atoms with Crippen LogP contribution in [0.4, 0.5) is 8.78 Å². The summed E-state index contributed by atoms with van der Waals surface area (Å²) in [6.07, 6.45) is 1.27. The van der Waals surface area contributed by atoms with Crippen molar-refractivity contribution in [2.24, 2.45) is 0 Å². The topological polar surface area (TPSA) is 71.5 Å². The van der Waals surface area contributed by atoms with Crippen molar-refractivity contribution < 1.29 is 25.6 Å². The molecule has 138 valence electrons. The summed E-state index contributed by atoms with van der Waals surface area (Å²) in [5.74, 6) is -2.48.